The quantitative estimate of drug-likeness (QED) is 0.417. The van der Waals surface area contributed by atoms with Gasteiger partial charge >= 0.3 is 0 Å². The number of amides is 2. The van der Waals surface area contributed by atoms with Crippen LogP contribution in [-0.4, -0.2) is 32.2 Å². The van der Waals surface area contributed by atoms with Crippen LogP contribution in [0.1, 0.15) is 94.8 Å². The minimum atomic E-state index is -0.576. The van der Waals surface area contributed by atoms with E-state index in [9.17, 15) is 9.59 Å². The Morgan fingerprint density at radius 1 is 1.10 bits per heavy atom. The van der Waals surface area contributed by atoms with Gasteiger partial charge in [0.25, 0.3) is 0 Å². The molecule has 0 saturated heterocycles. The first kappa shape index (κ1) is 23.3. The molecule has 31 heavy (non-hydrogen) atoms. The predicted molar refractivity (Wildman–Crippen MR) is 118 cm³/mol. The molecule has 9 nitrogen and oxygen atoms in total. The van der Waals surface area contributed by atoms with Crippen molar-refractivity contribution in [3.8, 4) is 0 Å². The molecule has 0 atom stereocenters. The van der Waals surface area contributed by atoms with Crippen LogP contribution < -0.4 is 10.6 Å². The van der Waals surface area contributed by atoms with E-state index in [0.29, 0.717) is 23.3 Å². The van der Waals surface area contributed by atoms with E-state index in [1.165, 1.54) is 18.3 Å². The highest BCUT2D eigenvalue weighted by molar-refractivity contribution is 7.15. The molecule has 0 aromatic carbocycles. The molecule has 0 unspecified atom stereocenters. The van der Waals surface area contributed by atoms with Gasteiger partial charge in [0.15, 0.2) is 5.82 Å². The number of hydrogen-bond acceptors (Lipinski definition) is 8. The third-order valence-corrected chi connectivity index (χ3v) is 6.44. The molecule has 0 bridgehead atoms. The molecule has 2 heterocycles. The third-order valence-electron chi connectivity index (χ3n) is 5.54. The van der Waals surface area contributed by atoms with Gasteiger partial charge < -0.3 is 15.2 Å². The summed E-state index contributed by atoms with van der Waals surface area (Å²) in [7, 11) is 0. The van der Waals surface area contributed by atoms with Gasteiger partial charge in [0.1, 0.15) is 10.5 Å². The van der Waals surface area contributed by atoms with Crippen LogP contribution in [0.2, 0.25) is 0 Å². The number of aromatic nitrogens is 4. The SMILES string of the molecule is CCCCCc1nnc(NC(=O)CCc2nc(C3(NC(C)=O)CCCCCC3)no2)s1. The second-order valence-electron chi connectivity index (χ2n) is 8.20. The average Bonchev–Trinajstić information content (AvgIpc) is 3.32. The molecule has 0 aliphatic heterocycles. The van der Waals surface area contributed by atoms with Crippen LogP contribution >= 0.6 is 11.3 Å². The number of aryl methyl sites for hydroxylation is 2. The Morgan fingerprint density at radius 2 is 1.87 bits per heavy atom. The molecule has 1 aliphatic rings. The van der Waals surface area contributed by atoms with Gasteiger partial charge in [-0.1, -0.05) is 61.9 Å². The zero-order valence-electron chi connectivity index (χ0n) is 18.4. The number of nitrogens with one attached hydrogen (secondary N) is 2. The fraction of sp³-hybridized carbons (Fsp3) is 0.714. The van der Waals surface area contributed by atoms with Crippen molar-refractivity contribution in [2.24, 2.45) is 0 Å². The highest BCUT2D eigenvalue weighted by Gasteiger charge is 2.38. The molecule has 2 aromatic rings. The summed E-state index contributed by atoms with van der Waals surface area (Å²) in [5.41, 5.74) is -0.576. The van der Waals surface area contributed by atoms with Crippen LogP contribution in [0.4, 0.5) is 5.13 Å². The van der Waals surface area contributed by atoms with Crippen LogP contribution in [-0.2, 0) is 28.0 Å². The molecule has 1 aliphatic carbocycles. The standard InChI is InChI=1S/C21H32N6O3S/c1-3-4-7-10-18-25-26-20(31-18)22-16(29)11-12-17-23-19(27-30-17)21(24-15(2)28)13-8-5-6-9-14-21/h3-14H2,1-2H3,(H,24,28)(H,22,26,29). The summed E-state index contributed by atoms with van der Waals surface area (Å²) in [5, 5.41) is 19.7. The maximum atomic E-state index is 12.3. The van der Waals surface area contributed by atoms with Crippen molar-refractivity contribution < 1.29 is 14.1 Å². The lowest BCUT2D eigenvalue weighted by atomic mass is 9.89. The topological polar surface area (TPSA) is 123 Å². The number of hydrogen-bond donors (Lipinski definition) is 2. The van der Waals surface area contributed by atoms with Crippen molar-refractivity contribution in [2.75, 3.05) is 5.32 Å². The third kappa shape index (κ3) is 6.81. The molecule has 2 N–H and O–H groups in total. The molecule has 2 aromatic heterocycles. The lowest BCUT2D eigenvalue weighted by Gasteiger charge is -2.30. The lowest BCUT2D eigenvalue weighted by Crippen LogP contribution is -2.45. The number of anilines is 1. The maximum Gasteiger partial charge on any atom is 0.227 e. The molecule has 2 amide bonds. The van der Waals surface area contributed by atoms with Gasteiger partial charge in [-0.05, 0) is 19.3 Å². The zero-order valence-corrected chi connectivity index (χ0v) is 19.2. The maximum absolute atomic E-state index is 12.3. The van der Waals surface area contributed by atoms with Crippen LogP contribution in [0.25, 0.3) is 0 Å². The molecular formula is C21H32N6O3S. The number of unbranched alkanes of at least 4 members (excludes halogenated alkanes) is 2. The summed E-state index contributed by atoms with van der Waals surface area (Å²) in [5.74, 6) is 0.651. The highest BCUT2D eigenvalue weighted by Crippen LogP contribution is 2.34. The first-order chi connectivity index (χ1) is 15.0. The van der Waals surface area contributed by atoms with Gasteiger partial charge in [-0.3, -0.25) is 9.59 Å². The molecule has 3 rings (SSSR count). The van der Waals surface area contributed by atoms with E-state index in [0.717, 1.165) is 69.2 Å². The first-order valence-corrected chi connectivity index (χ1v) is 12.1. The van der Waals surface area contributed by atoms with Crippen molar-refractivity contribution in [3.63, 3.8) is 0 Å². The summed E-state index contributed by atoms with van der Waals surface area (Å²) < 4.78 is 5.41. The van der Waals surface area contributed by atoms with Gasteiger partial charge in [-0.25, -0.2) is 0 Å². The molecule has 0 spiro atoms. The molecule has 0 radical (unpaired) electrons. The van der Waals surface area contributed by atoms with E-state index < -0.39 is 5.54 Å². The fourth-order valence-electron chi connectivity index (χ4n) is 3.96. The van der Waals surface area contributed by atoms with Crippen molar-refractivity contribution in [3.05, 3.63) is 16.7 Å². The summed E-state index contributed by atoms with van der Waals surface area (Å²) in [6.45, 7) is 3.68. The largest absolute Gasteiger partial charge is 0.343 e. The fourth-order valence-corrected chi connectivity index (χ4v) is 4.76. The normalized spacial score (nSPS) is 15.9. The first-order valence-electron chi connectivity index (χ1n) is 11.2. The second-order valence-corrected chi connectivity index (χ2v) is 9.26. The lowest BCUT2D eigenvalue weighted by molar-refractivity contribution is -0.121. The Hall–Kier alpha value is -2.36. The molecular weight excluding hydrogens is 416 g/mol. The van der Waals surface area contributed by atoms with Gasteiger partial charge in [-0.15, -0.1) is 10.2 Å². The number of rotatable bonds is 10. The van der Waals surface area contributed by atoms with Gasteiger partial charge in [-0.2, -0.15) is 4.98 Å². The van der Waals surface area contributed by atoms with Crippen LogP contribution in [0.3, 0.4) is 0 Å². The average molecular weight is 449 g/mol. The van der Waals surface area contributed by atoms with Gasteiger partial charge in [0.2, 0.25) is 22.8 Å². The van der Waals surface area contributed by atoms with Crippen molar-refractivity contribution in [1.29, 1.82) is 0 Å². The minimum Gasteiger partial charge on any atom is -0.343 e. The van der Waals surface area contributed by atoms with Crippen molar-refractivity contribution >= 4 is 28.3 Å². The van der Waals surface area contributed by atoms with Crippen molar-refractivity contribution in [1.82, 2.24) is 25.7 Å². The monoisotopic (exact) mass is 448 g/mol. The summed E-state index contributed by atoms with van der Waals surface area (Å²) >= 11 is 1.42. The van der Waals surface area contributed by atoms with E-state index in [4.69, 9.17) is 4.52 Å². The highest BCUT2D eigenvalue weighted by atomic mass is 32.1. The molecule has 1 saturated carbocycles. The van der Waals surface area contributed by atoms with E-state index in [1.807, 2.05) is 0 Å². The van der Waals surface area contributed by atoms with Gasteiger partial charge in [0.05, 0.1) is 0 Å². The smallest absolute Gasteiger partial charge is 0.227 e. The van der Waals surface area contributed by atoms with Crippen LogP contribution in [0.15, 0.2) is 4.52 Å². The van der Waals surface area contributed by atoms with Crippen LogP contribution in [0, 0.1) is 0 Å². The zero-order chi connectivity index (χ0) is 22.1. The second kappa shape index (κ2) is 11.3. The number of nitrogens with zero attached hydrogens (tertiary/aromatic N) is 4. The Kier molecular flexibility index (Phi) is 8.51. The Morgan fingerprint density at radius 3 is 2.58 bits per heavy atom. The molecule has 1 fully saturated rings. The van der Waals surface area contributed by atoms with Crippen LogP contribution in [0.5, 0.6) is 0 Å². The van der Waals surface area contributed by atoms with Gasteiger partial charge in [0, 0.05) is 26.2 Å². The minimum absolute atomic E-state index is 0.0984. The van der Waals surface area contributed by atoms with E-state index in [-0.39, 0.29) is 18.2 Å². The number of carbonyl (C=O) groups is 2. The molecule has 10 heteroatoms. The number of carbonyl (C=O) groups excluding carboxylic acids is 2. The summed E-state index contributed by atoms with van der Waals surface area (Å²) in [6, 6.07) is 0. The molecule has 170 valence electrons. The predicted octanol–water partition coefficient (Wildman–Crippen LogP) is 3.91. The van der Waals surface area contributed by atoms with E-state index in [2.05, 4.69) is 37.9 Å². The van der Waals surface area contributed by atoms with Crippen molar-refractivity contribution in [2.45, 2.75) is 96.4 Å². The van der Waals surface area contributed by atoms with E-state index >= 15 is 0 Å². The Bertz CT molecular complexity index is 857. The Labute approximate surface area is 186 Å². The summed E-state index contributed by atoms with van der Waals surface area (Å²) in [4.78, 5) is 28.6. The Balaban J connectivity index is 1.54. The summed E-state index contributed by atoms with van der Waals surface area (Å²) in [6.07, 6.45) is 10.7. The van der Waals surface area contributed by atoms with E-state index in [1.54, 1.807) is 0 Å².